The van der Waals surface area contributed by atoms with E-state index >= 15 is 0 Å². The molecule has 0 spiro atoms. The molecule has 2 aromatic rings. The molecule has 1 saturated carbocycles. The highest BCUT2D eigenvalue weighted by atomic mass is 79.9. The van der Waals surface area contributed by atoms with Gasteiger partial charge >= 0.3 is 0 Å². The molecule has 0 aliphatic heterocycles. The van der Waals surface area contributed by atoms with Crippen molar-refractivity contribution in [2.75, 3.05) is 0 Å². The molecule has 2 aromatic carbocycles. The standard InChI is InChI=1S/C16H14Br2FNO/c17-11-2-1-10(9-20-13-4-5-13)15(7-11)21-16-8-12(19)3-6-14(16)18/h1-3,6-8,13,20H,4-5,9H2. The van der Waals surface area contributed by atoms with E-state index in [4.69, 9.17) is 4.74 Å². The van der Waals surface area contributed by atoms with Gasteiger partial charge < -0.3 is 10.1 Å². The van der Waals surface area contributed by atoms with E-state index in [-0.39, 0.29) is 5.82 Å². The molecule has 1 aliphatic carbocycles. The maximum Gasteiger partial charge on any atom is 0.144 e. The zero-order valence-electron chi connectivity index (χ0n) is 11.2. The van der Waals surface area contributed by atoms with E-state index in [0.29, 0.717) is 11.8 Å². The number of nitrogens with one attached hydrogen (secondary N) is 1. The number of ether oxygens (including phenoxy) is 1. The number of rotatable bonds is 5. The Morgan fingerprint density at radius 1 is 1.10 bits per heavy atom. The minimum atomic E-state index is -0.319. The van der Waals surface area contributed by atoms with Crippen molar-refractivity contribution >= 4 is 31.9 Å². The number of hydrogen-bond donors (Lipinski definition) is 1. The van der Waals surface area contributed by atoms with Crippen LogP contribution in [0.5, 0.6) is 11.5 Å². The smallest absolute Gasteiger partial charge is 0.144 e. The van der Waals surface area contributed by atoms with Crippen LogP contribution in [0.1, 0.15) is 18.4 Å². The van der Waals surface area contributed by atoms with Crippen LogP contribution in [0.2, 0.25) is 0 Å². The van der Waals surface area contributed by atoms with Gasteiger partial charge in [-0.1, -0.05) is 22.0 Å². The Bertz CT molecular complexity index is 659. The summed E-state index contributed by atoms with van der Waals surface area (Å²) in [5.41, 5.74) is 1.06. The molecule has 1 aliphatic rings. The lowest BCUT2D eigenvalue weighted by Gasteiger charge is -2.13. The zero-order valence-corrected chi connectivity index (χ0v) is 14.4. The van der Waals surface area contributed by atoms with Gasteiger partial charge in [0.1, 0.15) is 17.3 Å². The third-order valence-corrected chi connectivity index (χ3v) is 4.45. The minimum absolute atomic E-state index is 0.319. The van der Waals surface area contributed by atoms with Crippen LogP contribution in [0.3, 0.4) is 0 Å². The quantitative estimate of drug-likeness (QED) is 0.707. The third-order valence-electron chi connectivity index (χ3n) is 3.30. The van der Waals surface area contributed by atoms with Crippen LogP contribution in [-0.4, -0.2) is 6.04 Å². The van der Waals surface area contributed by atoms with Crippen LogP contribution in [0.25, 0.3) is 0 Å². The van der Waals surface area contributed by atoms with Gasteiger partial charge in [0.15, 0.2) is 0 Å². The molecule has 3 rings (SSSR count). The molecule has 0 saturated heterocycles. The van der Waals surface area contributed by atoms with E-state index in [1.54, 1.807) is 6.07 Å². The minimum Gasteiger partial charge on any atom is -0.456 e. The second-order valence-corrected chi connectivity index (χ2v) is 6.85. The van der Waals surface area contributed by atoms with E-state index in [2.05, 4.69) is 37.2 Å². The lowest BCUT2D eigenvalue weighted by Crippen LogP contribution is -2.15. The van der Waals surface area contributed by atoms with Crippen molar-refractivity contribution in [3.05, 3.63) is 56.7 Å². The lowest BCUT2D eigenvalue weighted by molar-refractivity contribution is 0.464. The molecule has 0 amide bonds. The van der Waals surface area contributed by atoms with E-state index in [1.165, 1.54) is 25.0 Å². The summed E-state index contributed by atoms with van der Waals surface area (Å²) >= 11 is 6.83. The summed E-state index contributed by atoms with van der Waals surface area (Å²) in [6.07, 6.45) is 2.48. The van der Waals surface area contributed by atoms with E-state index in [0.717, 1.165) is 26.8 Å². The molecular formula is C16H14Br2FNO. The van der Waals surface area contributed by atoms with Crippen LogP contribution in [0, 0.1) is 5.82 Å². The Labute approximate surface area is 140 Å². The Balaban J connectivity index is 1.85. The molecule has 1 fully saturated rings. The van der Waals surface area contributed by atoms with E-state index < -0.39 is 0 Å². The fourth-order valence-corrected chi connectivity index (χ4v) is 2.65. The maximum atomic E-state index is 13.4. The molecule has 5 heteroatoms. The molecule has 1 N–H and O–H groups in total. The summed E-state index contributed by atoms with van der Waals surface area (Å²) in [6, 6.07) is 10.9. The van der Waals surface area contributed by atoms with Crippen molar-refractivity contribution in [3.8, 4) is 11.5 Å². The van der Waals surface area contributed by atoms with Gasteiger partial charge in [-0.05, 0) is 53.0 Å². The Kier molecular flexibility index (Phi) is 4.62. The second-order valence-electron chi connectivity index (χ2n) is 5.08. The highest BCUT2D eigenvalue weighted by Gasteiger charge is 2.20. The van der Waals surface area contributed by atoms with Gasteiger partial charge in [-0.3, -0.25) is 0 Å². The zero-order chi connectivity index (χ0) is 14.8. The highest BCUT2D eigenvalue weighted by molar-refractivity contribution is 9.10. The van der Waals surface area contributed by atoms with Crippen molar-refractivity contribution in [1.29, 1.82) is 0 Å². The predicted octanol–water partition coefficient (Wildman–Crippen LogP) is 5.40. The molecule has 0 radical (unpaired) electrons. The Morgan fingerprint density at radius 2 is 1.90 bits per heavy atom. The third kappa shape index (κ3) is 4.05. The summed E-state index contributed by atoms with van der Waals surface area (Å²) in [7, 11) is 0. The van der Waals surface area contributed by atoms with Crippen molar-refractivity contribution in [2.24, 2.45) is 0 Å². The van der Waals surface area contributed by atoms with Crippen LogP contribution in [-0.2, 0) is 6.54 Å². The van der Waals surface area contributed by atoms with Gasteiger partial charge in [0.25, 0.3) is 0 Å². The Morgan fingerprint density at radius 3 is 2.67 bits per heavy atom. The van der Waals surface area contributed by atoms with Crippen LogP contribution >= 0.6 is 31.9 Å². The first-order chi connectivity index (χ1) is 10.1. The summed E-state index contributed by atoms with van der Waals surface area (Å²) in [5.74, 6) is 0.880. The number of halogens is 3. The van der Waals surface area contributed by atoms with Gasteiger partial charge in [0.2, 0.25) is 0 Å². The molecule has 110 valence electrons. The summed E-state index contributed by atoms with van der Waals surface area (Å²) in [6.45, 7) is 0.750. The fraction of sp³-hybridized carbons (Fsp3) is 0.250. The molecule has 2 nitrogen and oxygen atoms in total. The molecule has 0 bridgehead atoms. The van der Waals surface area contributed by atoms with Crippen molar-refractivity contribution in [3.63, 3.8) is 0 Å². The largest absolute Gasteiger partial charge is 0.456 e. The summed E-state index contributed by atoms with van der Waals surface area (Å²) in [5, 5.41) is 3.46. The highest BCUT2D eigenvalue weighted by Crippen LogP contribution is 2.34. The number of benzene rings is 2. The normalized spacial score (nSPS) is 14.2. The second kappa shape index (κ2) is 6.46. The van der Waals surface area contributed by atoms with E-state index in [9.17, 15) is 4.39 Å². The molecule has 0 unspecified atom stereocenters. The van der Waals surface area contributed by atoms with Crippen LogP contribution in [0.4, 0.5) is 4.39 Å². The SMILES string of the molecule is Fc1ccc(Br)c(Oc2cc(Br)ccc2CNC2CC2)c1. The fourth-order valence-electron chi connectivity index (χ4n) is 1.99. The van der Waals surface area contributed by atoms with Crippen LogP contribution in [0.15, 0.2) is 45.3 Å². The van der Waals surface area contributed by atoms with Gasteiger partial charge in [-0.15, -0.1) is 0 Å². The molecule has 0 heterocycles. The maximum absolute atomic E-state index is 13.4. The van der Waals surface area contributed by atoms with Crippen LogP contribution < -0.4 is 10.1 Å². The van der Waals surface area contributed by atoms with Gasteiger partial charge in [-0.2, -0.15) is 0 Å². The first kappa shape index (κ1) is 15.0. The molecule has 0 aromatic heterocycles. The predicted molar refractivity (Wildman–Crippen MR) is 88.2 cm³/mol. The first-order valence-corrected chi connectivity index (χ1v) is 8.35. The van der Waals surface area contributed by atoms with Gasteiger partial charge in [-0.25, -0.2) is 4.39 Å². The summed E-state index contributed by atoms with van der Waals surface area (Å²) in [4.78, 5) is 0. The van der Waals surface area contributed by atoms with Crippen molar-refractivity contribution < 1.29 is 9.13 Å². The van der Waals surface area contributed by atoms with Crippen molar-refractivity contribution in [2.45, 2.75) is 25.4 Å². The topological polar surface area (TPSA) is 21.3 Å². The Hall–Kier alpha value is -0.910. The average molecular weight is 415 g/mol. The molecule has 21 heavy (non-hydrogen) atoms. The van der Waals surface area contributed by atoms with E-state index in [1.807, 2.05) is 18.2 Å². The monoisotopic (exact) mass is 413 g/mol. The van der Waals surface area contributed by atoms with Gasteiger partial charge in [0, 0.05) is 28.7 Å². The average Bonchev–Trinajstić information content (AvgIpc) is 3.26. The molecular weight excluding hydrogens is 401 g/mol. The summed E-state index contributed by atoms with van der Waals surface area (Å²) < 4.78 is 20.9. The number of hydrogen-bond acceptors (Lipinski definition) is 2. The lowest BCUT2D eigenvalue weighted by atomic mass is 10.2. The van der Waals surface area contributed by atoms with Gasteiger partial charge in [0.05, 0.1) is 4.47 Å². The first-order valence-electron chi connectivity index (χ1n) is 6.76. The molecule has 0 atom stereocenters. The van der Waals surface area contributed by atoms with Crippen molar-refractivity contribution in [1.82, 2.24) is 5.32 Å².